The molecule has 1 fully saturated rings. The molecule has 0 spiro atoms. The van der Waals surface area contributed by atoms with Crippen LogP contribution in [0.5, 0.6) is 0 Å². The number of alkyl halides is 2. The maximum absolute atomic E-state index is 12.9. The number of aliphatic hydroxyl groups excluding tert-OH is 1. The van der Waals surface area contributed by atoms with Gasteiger partial charge in [-0.25, -0.2) is 4.79 Å². The Morgan fingerprint density at radius 1 is 1.50 bits per heavy atom. The van der Waals surface area contributed by atoms with Crippen LogP contribution in [0.1, 0.15) is 33.1 Å². The molecule has 0 amide bonds. The van der Waals surface area contributed by atoms with Gasteiger partial charge in [0.15, 0.2) is 0 Å². The number of carbonyl (C=O) groups is 1. The van der Waals surface area contributed by atoms with Crippen LogP contribution in [-0.2, 0) is 9.53 Å². The smallest absolute Gasteiger partial charge is 0.377 e. The molecule has 18 heavy (non-hydrogen) atoms. The fourth-order valence-corrected chi connectivity index (χ4v) is 2.04. The Hall–Kier alpha value is -0.750. The second kappa shape index (κ2) is 5.93. The number of esters is 1. The topological polar surface area (TPSA) is 58.6 Å². The minimum atomic E-state index is -3.35. The zero-order chi connectivity index (χ0) is 13.8. The number of ether oxygens (including phenoxy) is 1. The normalized spacial score (nSPS) is 23.2. The summed E-state index contributed by atoms with van der Waals surface area (Å²) in [7, 11) is 0. The second-order valence-corrected chi connectivity index (χ2v) is 4.93. The van der Waals surface area contributed by atoms with Crippen molar-refractivity contribution >= 4 is 5.97 Å². The molecule has 0 bridgehead atoms. The third kappa shape index (κ3) is 3.38. The van der Waals surface area contributed by atoms with Crippen LogP contribution in [0, 0.1) is 5.41 Å². The third-order valence-corrected chi connectivity index (χ3v) is 3.76. The van der Waals surface area contributed by atoms with Crippen molar-refractivity contribution in [1.82, 2.24) is 5.32 Å². The van der Waals surface area contributed by atoms with Gasteiger partial charge in [0.1, 0.15) is 6.10 Å². The van der Waals surface area contributed by atoms with Gasteiger partial charge in [0, 0.05) is 25.1 Å². The number of hydrogen-bond acceptors (Lipinski definition) is 4. The summed E-state index contributed by atoms with van der Waals surface area (Å²) in [5, 5.41) is 12.4. The first kappa shape index (κ1) is 15.3. The van der Waals surface area contributed by atoms with Crippen LogP contribution in [0.3, 0.4) is 0 Å². The van der Waals surface area contributed by atoms with E-state index in [1.54, 1.807) is 0 Å². The van der Waals surface area contributed by atoms with E-state index in [-0.39, 0.29) is 18.6 Å². The van der Waals surface area contributed by atoms with E-state index in [2.05, 4.69) is 10.1 Å². The van der Waals surface area contributed by atoms with Gasteiger partial charge >= 0.3 is 11.9 Å². The van der Waals surface area contributed by atoms with E-state index >= 15 is 0 Å². The number of nitrogens with one attached hydrogen (secondary N) is 1. The van der Waals surface area contributed by atoms with Gasteiger partial charge in [-0.05, 0) is 12.8 Å². The molecular formula is C12H21F2NO3. The molecule has 1 atom stereocenters. The minimum Gasteiger partial charge on any atom is -0.456 e. The van der Waals surface area contributed by atoms with Crippen LogP contribution in [0.25, 0.3) is 0 Å². The Morgan fingerprint density at radius 3 is 2.50 bits per heavy atom. The lowest BCUT2D eigenvalue weighted by Crippen LogP contribution is -2.39. The van der Waals surface area contributed by atoms with E-state index in [0.29, 0.717) is 6.54 Å². The Balaban J connectivity index is 2.37. The fraction of sp³-hybridized carbons (Fsp3) is 0.917. The summed E-state index contributed by atoms with van der Waals surface area (Å²) in [5.41, 5.74) is -0.231. The lowest BCUT2D eigenvalue weighted by atomic mass is 9.83. The molecule has 1 unspecified atom stereocenters. The van der Waals surface area contributed by atoms with Gasteiger partial charge < -0.3 is 15.2 Å². The lowest BCUT2D eigenvalue weighted by Gasteiger charge is -2.30. The zero-order valence-electron chi connectivity index (χ0n) is 10.8. The molecule has 1 heterocycles. The van der Waals surface area contributed by atoms with Crippen LogP contribution < -0.4 is 5.32 Å². The van der Waals surface area contributed by atoms with Crippen LogP contribution >= 0.6 is 0 Å². The maximum atomic E-state index is 12.9. The van der Waals surface area contributed by atoms with Crippen molar-refractivity contribution in [3.8, 4) is 0 Å². The predicted molar refractivity (Wildman–Crippen MR) is 62.4 cm³/mol. The van der Waals surface area contributed by atoms with Crippen molar-refractivity contribution in [2.75, 3.05) is 19.7 Å². The van der Waals surface area contributed by atoms with E-state index < -0.39 is 24.4 Å². The summed E-state index contributed by atoms with van der Waals surface area (Å²) in [5.74, 6) is -4.79. The first-order chi connectivity index (χ1) is 8.39. The van der Waals surface area contributed by atoms with Crippen LogP contribution in [0.15, 0.2) is 0 Å². The highest BCUT2D eigenvalue weighted by Crippen LogP contribution is 2.30. The predicted octanol–water partition coefficient (Wildman–Crippen LogP) is 1.33. The first-order valence-electron chi connectivity index (χ1n) is 6.29. The first-order valence-corrected chi connectivity index (χ1v) is 6.29. The van der Waals surface area contributed by atoms with E-state index in [1.165, 1.54) is 0 Å². The molecule has 6 heteroatoms. The number of hydrogen-bond donors (Lipinski definition) is 2. The van der Waals surface area contributed by atoms with Gasteiger partial charge in [0.25, 0.3) is 0 Å². The molecule has 0 aromatic heterocycles. The number of rotatable bonds is 7. The summed E-state index contributed by atoms with van der Waals surface area (Å²) in [6.07, 6.45) is 0.252. The van der Waals surface area contributed by atoms with E-state index in [4.69, 9.17) is 0 Å². The molecular weight excluding hydrogens is 244 g/mol. The largest absolute Gasteiger partial charge is 0.456 e. The third-order valence-electron chi connectivity index (χ3n) is 3.76. The van der Waals surface area contributed by atoms with Gasteiger partial charge in [0.2, 0.25) is 0 Å². The monoisotopic (exact) mass is 265 g/mol. The Kier molecular flexibility index (Phi) is 5.04. The average Bonchev–Trinajstić information content (AvgIpc) is 2.59. The number of halogens is 2. The average molecular weight is 265 g/mol. The molecule has 0 aromatic carbocycles. The second-order valence-electron chi connectivity index (χ2n) is 4.93. The highest BCUT2D eigenvalue weighted by Gasteiger charge is 2.50. The SMILES string of the molecule is CCC(CC)(CO)CNCC1CC(F)(F)C(=O)O1. The van der Waals surface area contributed by atoms with Crippen molar-refractivity contribution in [2.45, 2.75) is 45.1 Å². The molecule has 1 aliphatic rings. The van der Waals surface area contributed by atoms with Crippen molar-refractivity contribution in [1.29, 1.82) is 0 Å². The number of cyclic esters (lactones) is 1. The van der Waals surface area contributed by atoms with Crippen molar-refractivity contribution in [3.05, 3.63) is 0 Å². The van der Waals surface area contributed by atoms with Crippen LogP contribution in [-0.4, -0.2) is 42.8 Å². The molecule has 106 valence electrons. The lowest BCUT2D eigenvalue weighted by molar-refractivity contribution is -0.159. The van der Waals surface area contributed by atoms with Crippen molar-refractivity contribution in [3.63, 3.8) is 0 Å². The molecule has 1 aliphatic heterocycles. The van der Waals surface area contributed by atoms with Crippen LogP contribution in [0.4, 0.5) is 8.78 Å². The molecule has 0 aromatic rings. The molecule has 4 nitrogen and oxygen atoms in total. The Morgan fingerprint density at radius 2 is 2.11 bits per heavy atom. The summed E-state index contributed by atoms with van der Waals surface area (Å²) >= 11 is 0. The molecule has 0 radical (unpaired) electrons. The van der Waals surface area contributed by atoms with Gasteiger partial charge in [0.05, 0.1) is 6.42 Å². The Labute approximate surface area is 106 Å². The quantitative estimate of drug-likeness (QED) is 0.682. The molecule has 1 saturated heterocycles. The van der Waals surface area contributed by atoms with E-state index in [0.717, 1.165) is 12.8 Å². The van der Waals surface area contributed by atoms with Gasteiger partial charge in [-0.2, -0.15) is 8.78 Å². The molecule has 2 N–H and O–H groups in total. The fourth-order valence-electron chi connectivity index (χ4n) is 2.04. The van der Waals surface area contributed by atoms with Gasteiger partial charge in [-0.15, -0.1) is 0 Å². The highest BCUT2D eigenvalue weighted by atomic mass is 19.3. The zero-order valence-corrected chi connectivity index (χ0v) is 10.8. The van der Waals surface area contributed by atoms with E-state index in [1.807, 2.05) is 13.8 Å². The van der Waals surface area contributed by atoms with Crippen molar-refractivity contribution < 1.29 is 23.4 Å². The Bertz CT molecular complexity index is 285. The molecule has 1 rings (SSSR count). The molecule has 0 saturated carbocycles. The van der Waals surface area contributed by atoms with Crippen LogP contribution in [0.2, 0.25) is 0 Å². The number of aliphatic hydroxyl groups is 1. The summed E-state index contributed by atoms with van der Waals surface area (Å²) < 4.78 is 30.4. The summed E-state index contributed by atoms with van der Waals surface area (Å²) in [6.45, 7) is 4.73. The highest BCUT2D eigenvalue weighted by molar-refractivity contribution is 5.79. The molecule has 0 aliphatic carbocycles. The minimum absolute atomic E-state index is 0.0492. The van der Waals surface area contributed by atoms with E-state index in [9.17, 15) is 18.7 Å². The van der Waals surface area contributed by atoms with Crippen molar-refractivity contribution in [2.24, 2.45) is 5.41 Å². The maximum Gasteiger partial charge on any atom is 0.377 e. The van der Waals surface area contributed by atoms with Gasteiger partial charge in [-0.1, -0.05) is 13.8 Å². The summed E-state index contributed by atoms with van der Waals surface area (Å²) in [4.78, 5) is 10.8. The number of carbonyl (C=O) groups excluding carboxylic acids is 1. The van der Waals surface area contributed by atoms with Gasteiger partial charge in [-0.3, -0.25) is 0 Å². The standard InChI is InChI=1S/C12H21F2NO3/c1-3-11(4-2,8-16)7-15-6-9-5-12(13,14)10(17)18-9/h9,15-16H,3-8H2,1-2H3. The summed E-state index contributed by atoms with van der Waals surface area (Å²) in [6, 6.07) is 0.